The van der Waals surface area contributed by atoms with Crippen molar-refractivity contribution in [3.8, 4) is 0 Å². The van der Waals surface area contributed by atoms with Gasteiger partial charge in [-0.2, -0.15) is 0 Å². The number of alkyl halides is 1. The van der Waals surface area contributed by atoms with Crippen LogP contribution in [-0.2, 0) is 0 Å². The van der Waals surface area contributed by atoms with Gasteiger partial charge in [0.2, 0.25) is 0 Å². The number of hydrogen-bond acceptors (Lipinski definition) is 1. The van der Waals surface area contributed by atoms with E-state index in [9.17, 15) is 9.50 Å². The molecule has 1 atom stereocenters. The van der Waals surface area contributed by atoms with Gasteiger partial charge >= 0.3 is 0 Å². The zero-order valence-electron chi connectivity index (χ0n) is 7.34. The fraction of sp³-hybridized carbons (Fsp3) is 0.400. The second kappa shape index (κ2) is 3.68. The first-order valence-electron chi connectivity index (χ1n) is 3.95. The molecule has 2 heteroatoms. The maximum absolute atomic E-state index is 12.1. The van der Waals surface area contributed by atoms with Crippen molar-refractivity contribution < 1.29 is 9.50 Å². The Kier molecular flexibility index (Phi) is 2.82. The van der Waals surface area contributed by atoms with Gasteiger partial charge in [0.15, 0.2) is 0 Å². The van der Waals surface area contributed by atoms with E-state index in [1.165, 1.54) is 0 Å². The van der Waals surface area contributed by atoms with Gasteiger partial charge in [0.1, 0.15) is 12.8 Å². The van der Waals surface area contributed by atoms with E-state index in [-0.39, 0.29) is 0 Å². The van der Waals surface area contributed by atoms with E-state index in [4.69, 9.17) is 0 Å². The number of hydrogen-bond donors (Lipinski definition) is 1. The Labute approximate surface area is 71.9 Å². The van der Waals surface area contributed by atoms with E-state index in [1.807, 2.05) is 19.9 Å². The number of aliphatic hydroxyl groups is 1. The van der Waals surface area contributed by atoms with Crippen molar-refractivity contribution in [3.05, 3.63) is 34.9 Å². The molecule has 1 rings (SSSR count). The van der Waals surface area contributed by atoms with Gasteiger partial charge in [-0.25, -0.2) is 4.39 Å². The van der Waals surface area contributed by atoms with Gasteiger partial charge in [-0.05, 0) is 19.4 Å². The fourth-order valence-corrected chi connectivity index (χ4v) is 1.29. The molecule has 0 saturated carbocycles. The molecule has 0 aliphatic carbocycles. The molecule has 0 saturated heterocycles. The third-order valence-corrected chi connectivity index (χ3v) is 1.77. The Morgan fingerprint density at radius 3 is 2.17 bits per heavy atom. The normalized spacial score (nSPS) is 13.0. The zero-order chi connectivity index (χ0) is 9.14. The minimum atomic E-state index is -0.969. The summed E-state index contributed by atoms with van der Waals surface area (Å²) in [7, 11) is 0. The number of rotatable bonds is 2. The molecule has 0 aromatic heterocycles. The molecule has 12 heavy (non-hydrogen) atoms. The van der Waals surface area contributed by atoms with Crippen molar-refractivity contribution >= 4 is 0 Å². The molecule has 0 fully saturated rings. The monoisotopic (exact) mass is 168 g/mol. The van der Waals surface area contributed by atoms with Crippen molar-refractivity contribution in [1.82, 2.24) is 0 Å². The van der Waals surface area contributed by atoms with Crippen LogP contribution in [0.15, 0.2) is 18.2 Å². The first-order valence-corrected chi connectivity index (χ1v) is 3.95. The molecule has 66 valence electrons. The van der Waals surface area contributed by atoms with Crippen molar-refractivity contribution in [3.63, 3.8) is 0 Å². The molecule has 1 aromatic rings. The van der Waals surface area contributed by atoms with Crippen LogP contribution in [0.5, 0.6) is 0 Å². The van der Waals surface area contributed by atoms with Crippen LogP contribution in [0.2, 0.25) is 0 Å². The van der Waals surface area contributed by atoms with Crippen LogP contribution in [0.3, 0.4) is 0 Å². The summed E-state index contributed by atoms with van der Waals surface area (Å²) >= 11 is 0. The highest BCUT2D eigenvalue weighted by atomic mass is 19.1. The quantitative estimate of drug-likeness (QED) is 0.718. The minimum Gasteiger partial charge on any atom is -0.386 e. The lowest BCUT2D eigenvalue weighted by molar-refractivity contribution is 0.141. The van der Waals surface area contributed by atoms with Gasteiger partial charge in [0, 0.05) is 0 Å². The Hall–Kier alpha value is -0.890. The molecular weight excluding hydrogens is 155 g/mol. The third-order valence-electron chi connectivity index (χ3n) is 1.77. The summed E-state index contributed by atoms with van der Waals surface area (Å²) in [4.78, 5) is 0. The van der Waals surface area contributed by atoms with Crippen LogP contribution in [0.4, 0.5) is 4.39 Å². The van der Waals surface area contributed by atoms with Crippen molar-refractivity contribution in [1.29, 1.82) is 0 Å². The number of benzene rings is 1. The molecule has 1 nitrogen and oxygen atoms in total. The van der Waals surface area contributed by atoms with E-state index >= 15 is 0 Å². The van der Waals surface area contributed by atoms with E-state index in [1.54, 1.807) is 12.1 Å². The van der Waals surface area contributed by atoms with Crippen LogP contribution in [-0.4, -0.2) is 11.8 Å². The van der Waals surface area contributed by atoms with Crippen LogP contribution < -0.4 is 0 Å². The minimum absolute atomic E-state index is 0.662. The standard InChI is InChI=1S/C10H13FO/c1-7-3-8(2)5-9(4-7)10(12)6-11/h3-5,10,12H,6H2,1-2H3. The van der Waals surface area contributed by atoms with Crippen LogP contribution in [0, 0.1) is 13.8 Å². The number of halogens is 1. The van der Waals surface area contributed by atoms with Crippen LogP contribution in [0.1, 0.15) is 22.8 Å². The largest absolute Gasteiger partial charge is 0.386 e. The molecule has 0 aliphatic heterocycles. The molecule has 1 aromatic carbocycles. The number of aliphatic hydroxyl groups excluding tert-OH is 1. The Morgan fingerprint density at radius 1 is 1.25 bits per heavy atom. The molecule has 1 unspecified atom stereocenters. The van der Waals surface area contributed by atoms with E-state index < -0.39 is 12.8 Å². The summed E-state index contributed by atoms with van der Waals surface area (Å²) in [6, 6.07) is 5.60. The van der Waals surface area contributed by atoms with Crippen LogP contribution in [0.25, 0.3) is 0 Å². The molecule has 0 spiro atoms. The molecular formula is C10H13FO. The second-order valence-corrected chi connectivity index (χ2v) is 3.09. The zero-order valence-corrected chi connectivity index (χ0v) is 7.34. The summed E-state index contributed by atoms with van der Waals surface area (Å²) in [5, 5.41) is 9.20. The molecule has 0 bridgehead atoms. The molecule has 0 aliphatic rings. The Balaban J connectivity index is 3.00. The molecule has 0 amide bonds. The predicted octanol–water partition coefficient (Wildman–Crippen LogP) is 2.31. The maximum atomic E-state index is 12.1. The van der Waals surface area contributed by atoms with E-state index in [0.717, 1.165) is 11.1 Å². The lowest BCUT2D eigenvalue weighted by Crippen LogP contribution is -1.99. The van der Waals surface area contributed by atoms with Crippen molar-refractivity contribution in [2.45, 2.75) is 20.0 Å². The van der Waals surface area contributed by atoms with Gasteiger partial charge in [-0.15, -0.1) is 0 Å². The van der Waals surface area contributed by atoms with Crippen LogP contribution >= 0.6 is 0 Å². The summed E-state index contributed by atoms with van der Waals surface area (Å²) < 4.78 is 12.1. The highest BCUT2D eigenvalue weighted by Gasteiger charge is 2.06. The SMILES string of the molecule is Cc1cc(C)cc(C(O)CF)c1. The highest BCUT2D eigenvalue weighted by Crippen LogP contribution is 2.16. The first kappa shape index (κ1) is 9.20. The lowest BCUT2D eigenvalue weighted by atomic mass is 10.0. The Morgan fingerprint density at radius 2 is 1.75 bits per heavy atom. The summed E-state index contributed by atoms with van der Waals surface area (Å²) in [5.41, 5.74) is 2.77. The molecule has 1 N–H and O–H groups in total. The van der Waals surface area contributed by atoms with Gasteiger partial charge in [-0.3, -0.25) is 0 Å². The van der Waals surface area contributed by atoms with E-state index in [2.05, 4.69) is 0 Å². The number of aryl methyl sites for hydroxylation is 2. The van der Waals surface area contributed by atoms with Gasteiger partial charge < -0.3 is 5.11 Å². The Bertz CT molecular complexity index is 250. The summed E-state index contributed by atoms with van der Waals surface area (Å²) in [6.45, 7) is 3.14. The third kappa shape index (κ3) is 2.05. The first-order chi connectivity index (χ1) is 5.63. The average molecular weight is 168 g/mol. The highest BCUT2D eigenvalue weighted by molar-refractivity contribution is 5.29. The second-order valence-electron chi connectivity index (χ2n) is 3.09. The average Bonchev–Trinajstić information content (AvgIpc) is 2.01. The van der Waals surface area contributed by atoms with Crippen molar-refractivity contribution in [2.75, 3.05) is 6.67 Å². The van der Waals surface area contributed by atoms with Gasteiger partial charge in [0.25, 0.3) is 0 Å². The maximum Gasteiger partial charge on any atom is 0.119 e. The van der Waals surface area contributed by atoms with Gasteiger partial charge in [-0.1, -0.05) is 29.3 Å². The summed E-state index contributed by atoms with van der Waals surface area (Å²) in [6.07, 6.45) is -0.969. The lowest BCUT2D eigenvalue weighted by Gasteiger charge is -2.08. The predicted molar refractivity (Wildman–Crippen MR) is 46.9 cm³/mol. The molecule has 0 heterocycles. The summed E-state index contributed by atoms with van der Waals surface area (Å²) in [5.74, 6) is 0. The molecule has 0 radical (unpaired) electrons. The topological polar surface area (TPSA) is 20.2 Å². The van der Waals surface area contributed by atoms with Gasteiger partial charge in [0.05, 0.1) is 0 Å². The van der Waals surface area contributed by atoms with Crippen molar-refractivity contribution in [2.24, 2.45) is 0 Å². The fourth-order valence-electron chi connectivity index (χ4n) is 1.29. The van der Waals surface area contributed by atoms with E-state index in [0.29, 0.717) is 5.56 Å². The smallest absolute Gasteiger partial charge is 0.119 e.